The summed E-state index contributed by atoms with van der Waals surface area (Å²) in [4.78, 5) is 11.7. The molecule has 1 N–H and O–H groups in total. The third kappa shape index (κ3) is 5.21. The number of hydrogen-bond acceptors (Lipinski definition) is 1. The summed E-state index contributed by atoms with van der Waals surface area (Å²) in [7, 11) is 0. The molecule has 0 atom stereocenters. The van der Waals surface area contributed by atoms with Gasteiger partial charge in [0.25, 0.3) is 0 Å². The van der Waals surface area contributed by atoms with Crippen LogP contribution < -0.4 is 5.32 Å². The van der Waals surface area contributed by atoms with Crippen molar-refractivity contribution in [2.75, 3.05) is 10.6 Å². The van der Waals surface area contributed by atoms with Gasteiger partial charge in [-0.1, -0.05) is 38.8 Å². The lowest BCUT2D eigenvalue weighted by Gasteiger charge is -2.10. The highest BCUT2D eigenvalue weighted by molar-refractivity contribution is 9.10. The number of benzene rings is 1. The van der Waals surface area contributed by atoms with Crippen LogP contribution in [0.4, 0.5) is 5.69 Å². The van der Waals surface area contributed by atoms with Crippen LogP contribution >= 0.6 is 31.9 Å². The Morgan fingerprint density at radius 3 is 2.76 bits per heavy atom. The lowest BCUT2D eigenvalue weighted by Crippen LogP contribution is -2.12. The van der Waals surface area contributed by atoms with Crippen LogP contribution in [0.15, 0.2) is 22.7 Å². The second-order valence-electron chi connectivity index (χ2n) is 3.85. The Balaban J connectivity index is 2.58. The molecule has 4 heteroatoms. The molecular weight excluding hydrogens is 346 g/mol. The van der Waals surface area contributed by atoms with Crippen LogP contribution in [0.25, 0.3) is 0 Å². The van der Waals surface area contributed by atoms with E-state index in [-0.39, 0.29) is 5.91 Å². The summed E-state index contributed by atoms with van der Waals surface area (Å²) in [5, 5.41) is 3.93. The van der Waals surface area contributed by atoms with E-state index in [0.29, 0.717) is 6.42 Å². The Morgan fingerprint density at radius 1 is 1.35 bits per heavy atom. The standard InChI is InChI=1S/C13H17Br2NO/c1-2-10-9-11(15)6-7-12(10)16-13(17)5-3-4-8-14/h6-7,9H,2-5,8H2,1H3,(H,16,17). The number of halogens is 2. The van der Waals surface area contributed by atoms with Crippen LogP contribution in [0.5, 0.6) is 0 Å². The molecule has 1 amide bonds. The number of rotatable bonds is 6. The molecule has 0 saturated carbocycles. The SMILES string of the molecule is CCc1cc(Br)ccc1NC(=O)CCCCBr. The number of unbranched alkanes of at least 4 members (excludes halogenated alkanes) is 1. The molecule has 0 saturated heterocycles. The first-order valence-corrected chi connectivity index (χ1v) is 7.73. The van der Waals surface area contributed by atoms with Crippen LogP contribution in [0.2, 0.25) is 0 Å². The lowest BCUT2D eigenvalue weighted by molar-refractivity contribution is -0.116. The van der Waals surface area contributed by atoms with Gasteiger partial charge in [-0.2, -0.15) is 0 Å². The number of nitrogens with one attached hydrogen (secondary N) is 1. The number of carbonyl (C=O) groups excluding carboxylic acids is 1. The van der Waals surface area contributed by atoms with Gasteiger partial charge >= 0.3 is 0 Å². The van der Waals surface area contributed by atoms with Crippen LogP contribution in [0.3, 0.4) is 0 Å². The van der Waals surface area contributed by atoms with E-state index in [1.54, 1.807) is 0 Å². The van der Waals surface area contributed by atoms with Crippen molar-refractivity contribution >= 4 is 43.5 Å². The van der Waals surface area contributed by atoms with Gasteiger partial charge in [0.2, 0.25) is 5.91 Å². The molecule has 0 fully saturated rings. The molecule has 0 spiro atoms. The Kier molecular flexibility index (Phi) is 6.82. The van der Waals surface area contributed by atoms with Gasteiger partial charge in [-0.3, -0.25) is 4.79 Å². The Bertz CT molecular complexity index is 380. The summed E-state index contributed by atoms with van der Waals surface area (Å²) in [6.07, 6.45) is 3.46. The first kappa shape index (κ1) is 14.7. The number of anilines is 1. The van der Waals surface area contributed by atoms with E-state index in [2.05, 4.69) is 44.1 Å². The van der Waals surface area contributed by atoms with Crippen molar-refractivity contribution in [2.45, 2.75) is 32.6 Å². The van der Waals surface area contributed by atoms with E-state index in [1.165, 1.54) is 0 Å². The highest BCUT2D eigenvalue weighted by atomic mass is 79.9. The third-order valence-corrected chi connectivity index (χ3v) is 3.56. The molecule has 0 radical (unpaired) electrons. The van der Waals surface area contributed by atoms with Crippen molar-refractivity contribution in [2.24, 2.45) is 0 Å². The molecule has 94 valence electrons. The molecule has 0 bridgehead atoms. The van der Waals surface area contributed by atoms with Crippen LogP contribution in [-0.2, 0) is 11.2 Å². The zero-order chi connectivity index (χ0) is 12.7. The topological polar surface area (TPSA) is 29.1 Å². The highest BCUT2D eigenvalue weighted by Crippen LogP contribution is 2.21. The molecule has 17 heavy (non-hydrogen) atoms. The summed E-state index contributed by atoms with van der Waals surface area (Å²) < 4.78 is 1.05. The van der Waals surface area contributed by atoms with E-state index in [4.69, 9.17) is 0 Å². The molecule has 0 unspecified atom stereocenters. The Hall–Kier alpha value is -0.350. The summed E-state index contributed by atoms with van der Waals surface area (Å²) in [5.41, 5.74) is 2.09. The van der Waals surface area contributed by atoms with E-state index in [0.717, 1.165) is 40.3 Å². The predicted octanol–water partition coefficient (Wildman–Crippen LogP) is 4.52. The number of alkyl halides is 1. The third-order valence-electron chi connectivity index (χ3n) is 2.51. The fourth-order valence-electron chi connectivity index (χ4n) is 1.57. The zero-order valence-electron chi connectivity index (χ0n) is 9.93. The molecule has 0 heterocycles. The quantitative estimate of drug-likeness (QED) is 0.585. The lowest BCUT2D eigenvalue weighted by atomic mass is 10.1. The summed E-state index contributed by atoms with van der Waals surface area (Å²) in [6.45, 7) is 2.09. The smallest absolute Gasteiger partial charge is 0.224 e. The monoisotopic (exact) mass is 361 g/mol. The predicted molar refractivity (Wildman–Crippen MR) is 79.8 cm³/mol. The maximum Gasteiger partial charge on any atom is 0.224 e. The van der Waals surface area contributed by atoms with Gasteiger partial charge in [0.15, 0.2) is 0 Å². The first-order chi connectivity index (χ1) is 8.17. The van der Waals surface area contributed by atoms with Gasteiger partial charge in [-0.15, -0.1) is 0 Å². The minimum absolute atomic E-state index is 0.1000. The molecule has 0 aliphatic rings. The van der Waals surface area contributed by atoms with E-state index in [1.807, 2.05) is 18.2 Å². The molecule has 1 rings (SSSR count). The number of amides is 1. The second-order valence-corrected chi connectivity index (χ2v) is 5.56. The van der Waals surface area contributed by atoms with E-state index >= 15 is 0 Å². The molecule has 0 aliphatic carbocycles. The molecule has 0 aliphatic heterocycles. The number of aryl methyl sites for hydroxylation is 1. The first-order valence-electron chi connectivity index (χ1n) is 5.81. The second kappa shape index (κ2) is 7.88. The minimum Gasteiger partial charge on any atom is -0.326 e. The number of carbonyl (C=O) groups is 1. The van der Waals surface area contributed by atoms with Gasteiger partial charge in [-0.05, 0) is 43.0 Å². The summed E-state index contributed by atoms with van der Waals surface area (Å²) in [6, 6.07) is 5.95. The minimum atomic E-state index is 0.1000. The van der Waals surface area contributed by atoms with Crippen LogP contribution in [0, 0.1) is 0 Å². The zero-order valence-corrected chi connectivity index (χ0v) is 13.1. The normalized spacial score (nSPS) is 10.3. The number of hydrogen-bond donors (Lipinski definition) is 1. The fourth-order valence-corrected chi connectivity index (χ4v) is 2.37. The Morgan fingerprint density at radius 2 is 2.12 bits per heavy atom. The van der Waals surface area contributed by atoms with Gasteiger partial charge in [0.1, 0.15) is 0 Å². The van der Waals surface area contributed by atoms with Crippen molar-refractivity contribution in [3.05, 3.63) is 28.2 Å². The van der Waals surface area contributed by atoms with Crippen molar-refractivity contribution in [1.82, 2.24) is 0 Å². The largest absolute Gasteiger partial charge is 0.326 e. The maximum absolute atomic E-state index is 11.7. The van der Waals surface area contributed by atoms with Crippen molar-refractivity contribution < 1.29 is 4.79 Å². The molecule has 1 aromatic rings. The van der Waals surface area contributed by atoms with Crippen LogP contribution in [-0.4, -0.2) is 11.2 Å². The Labute approximate surface area is 119 Å². The van der Waals surface area contributed by atoms with E-state index < -0.39 is 0 Å². The molecule has 1 aromatic carbocycles. The average molecular weight is 363 g/mol. The van der Waals surface area contributed by atoms with Crippen molar-refractivity contribution in [3.8, 4) is 0 Å². The fraction of sp³-hybridized carbons (Fsp3) is 0.462. The molecule has 2 nitrogen and oxygen atoms in total. The van der Waals surface area contributed by atoms with Gasteiger partial charge in [0, 0.05) is 21.9 Å². The average Bonchev–Trinajstić information content (AvgIpc) is 2.32. The molecule has 0 aromatic heterocycles. The van der Waals surface area contributed by atoms with Crippen molar-refractivity contribution in [3.63, 3.8) is 0 Å². The van der Waals surface area contributed by atoms with Gasteiger partial charge < -0.3 is 5.32 Å². The van der Waals surface area contributed by atoms with Gasteiger partial charge in [0.05, 0.1) is 0 Å². The highest BCUT2D eigenvalue weighted by Gasteiger charge is 2.06. The summed E-state index contributed by atoms with van der Waals surface area (Å²) in [5.74, 6) is 0.1000. The van der Waals surface area contributed by atoms with E-state index in [9.17, 15) is 4.79 Å². The molecular formula is C13H17Br2NO. The van der Waals surface area contributed by atoms with Crippen LogP contribution in [0.1, 0.15) is 31.7 Å². The summed E-state index contributed by atoms with van der Waals surface area (Å²) >= 11 is 6.80. The van der Waals surface area contributed by atoms with Crippen molar-refractivity contribution in [1.29, 1.82) is 0 Å². The maximum atomic E-state index is 11.7. The van der Waals surface area contributed by atoms with Gasteiger partial charge in [-0.25, -0.2) is 0 Å².